The van der Waals surface area contributed by atoms with E-state index in [0.29, 0.717) is 12.5 Å². The Kier molecular flexibility index (Phi) is 5.60. The standard InChI is InChI=1S/C10H21N3O2/c1-2-13(6-5-10(14)12-11)8-9-4-3-7-15-9/h9H,2-8,11H2,1H3,(H,12,14). The Balaban J connectivity index is 2.19. The van der Waals surface area contributed by atoms with E-state index in [1.165, 1.54) is 0 Å². The van der Waals surface area contributed by atoms with E-state index >= 15 is 0 Å². The Labute approximate surface area is 90.9 Å². The lowest BCUT2D eigenvalue weighted by Crippen LogP contribution is -2.37. The summed E-state index contributed by atoms with van der Waals surface area (Å²) in [6.07, 6.45) is 3.10. The number of hydrazine groups is 1. The third-order valence-corrected chi connectivity index (χ3v) is 2.75. The lowest BCUT2D eigenvalue weighted by molar-refractivity contribution is -0.121. The second-order valence-electron chi connectivity index (χ2n) is 3.85. The van der Waals surface area contributed by atoms with Crippen molar-refractivity contribution in [2.75, 3.05) is 26.2 Å². The predicted molar refractivity (Wildman–Crippen MR) is 58.0 cm³/mol. The molecule has 0 aliphatic carbocycles. The van der Waals surface area contributed by atoms with Gasteiger partial charge in [0.15, 0.2) is 0 Å². The van der Waals surface area contributed by atoms with Crippen LogP contribution in [0.4, 0.5) is 0 Å². The van der Waals surface area contributed by atoms with E-state index in [1.807, 2.05) is 0 Å². The molecule has 15 heavy (non-hydrogen) atoms. The average Bonchev–Trinajstić information content (AvgIpc) is 2.76. The summed E-state index contributed by atoms with van der Waals surface area (Å²) in [5.74, 6) is 4.91. The second kappa shape index (κ2) is 6.76. The summed E-state index contributed by atoms with van der Waals surface area (Å²) in [6.45, 7) is 5.59. The molecule has 1 amide bonds. The van der Waals surface area contributed by atoms with Crippen molar-refractivity contribution in [3.8, 4) is 0 Å². The largest absolute Gasteiger partial charge is 0.377 e. The molecule has 0 aromatic heterocycles. The first-order chi connectivity index (χ1) is 7.26. The van der Waals surface area contributed by atoms with Crippen LogP contribution in [0.5, 0.6) is 0 Å². The predicted octanol–water partition coefficient (Wildman–Crippen LogP) is -0.133. The number of nitrogens with one attached hydrogen (secondary N) is 1. The molecule has 5 heteroatoms. The normalized spacial score (nSPS) is 20.9. The molecule has 0 saturated carbocycles. The van der Waals surface area contributed by atoms with Crippen LogP contribution >= 0.6 is 0 Å². The van der Waals surface area contributed by atoms with Crippen molar-refractivity contribution in [3.05, 3.63) is 0 Å². The highest BCUT2D eigenvalue weighted by atomic mass is 16.5. The number of rotatable bonds is 6. The van der Waals surface area contributed by atoms with Crippen LogP contribution in [0.25, 0.3) is 0 Å². The summed E-state index contributed by atoms with van der Waals surface area (Å²) in [4.78, 5) is 13.2. The van der Waals surface area contributed by atoms with Gasteiger partial charge in [0, 0.05) is 26.1 Å². The van der Waals surface area contributed by atoms with Crippen LogP contribution in [0.3, 0.4) is 0 Å². The Bertz CT molecular complexity index is 193. The molecule has 0 aromatic carbocycles. The third kappa shape index (κ3) is 4.59. The van der Waals surface area contributed by atoms with Gasteiger partial charge in [-0.15, -0.1) is 0 Å². The number of hydrogen-bond donors (Lipinski definition) is 2. The van der Waals surface area contributed by atoms with Gasteiger partial charge in [0.05, 0.1) is 6.10 Å². The highest BCUT2D eigenvalue weighted by Gasteiger charge is 2.18. The molecule has 0 aromatic rings. The number of ether oxygens (including phenoxy) is 1. The van der Waals surface area contributed by atoms with E-state index in [1.54, 1.807) is 0 Å². The minimum Gasteiger partial charge on any atom is -0.377 e. The van der Waals surface area contributed by atoms with E-state index in [2.05, 4.69) is 17.2 Å². The van der Waals surface area contributed by atoms with E-state index in [0.717, 1.165) is 39.1 Å². The molecule has 1 aliphatic heterocycles. The summed E-state index contributed by atoms with van der Waals surface area (Å²) in [5, 5.41) is 0. The molecule has 1 heterocycles. The molecule has 88 valence electrons. The molecule has 1 unspecified atom stereocenters. The number of hydrogen-bond acceptors (Lipinski definition) is 4. The first kappa shape index (κ1) is 12.4. The van der Waals surface area contributed by atoms with Crippen molar-refractivity contribution >= 4 is 5.91 Å². The van der Waals surface area contributed by atoms with Crippen molar-refractivity contribution in [1.29, 1.82) is 0 Å². The molecular weight excluding hydrogens is 194 g/mol. The average molecular weight is 215 g/mol. The maximum absolute atomic E-state index is 11.0. The second-order valence-corrected chi connectivity index (χ2v) is 3.85. The Hall–Kier alpha value is -0.650. The highest BCUT2D eigenvalue weighted by Crippen LogP contribution is 2.13. The molecule has 1 atom stereocenters. The minimum absolute atomic E-state index is 0.110. The smallest absolute Gasteiger partial charge is 0.235 e. The monoisotopic (exact) mass is 215 g/mol. The number of nitrogens with zero attached hydrogens (tertiary/aromatic N) is 1. The van der Waals surface area contributed by atoms with Gasteiger partial charge in [-0.3, -0.25) is 10.2 Å². The van der Waals surface area contributed by atoms with E-state index < -0.39 is 0 Å². The van der Waals surface area contributed by atoms with Gasteiger partial charge in [-0.25, -0.2) is 5.84 Å². The van der Waals surface area contributed by atoms with Crippen LogP contribution in [-0.2, 0) is 9.53 Å². The molecule has 0 bridgehead atoms. The molecule has 1 aliphatic rings. The summed E-state index contributed by atoms with van der Waals surface area (Å²) in [5.41, 5.74) is 2.14. The van der Waals surface area contributed by atoms with Crippen LogP contribution in [0.1, 0.15) is 26.2 Å². The molecule has 3 N–H and O–H groups in total. The third-order valence-electron chi connectivity index (χ3n) is 2.75. The van der Waals surface area contributed by atoms with Gasteiger partial charge >= 0.3 is 0 Å². The van der Waals surface area contributed by atoms with Crippen LogP contribution in [0.15, 0.2) is 0 Å². The van der Waals surface area contributed by atoms with E-state index in [9.17, 15) is 4.79 Å². The van der Waals surface area contributed by atoms with E-state index in [4.69, 9.17) is 10.6 Å². The zero-order valence-corrected chi connectivity index (χ0v) is 9.37. The SMILES string of the molecule is CCN(CCC(=O)NN)CC1CCCO1. The summed E-state index contributed by atoms with van der Waals surface area (Å²) in [7, 11) is 0. The van der Waals surface area contributed by atoms with Crippen molar-refractivity contribution in [2.24, 2.45) is 5.84 Å². The summed E-state index contributed by atoms with van der Waals surface area (Å²) < 4.78 is 5.55. The van der Waals surface area contributed by atoms with Gasteiger partial charge in [0.25, 0.3) is 0 Å². The zero-order valence-electron chi connectivity index (χ0n) is 9.37. The Morgan fingerprint density at radius 3 is 3.00 bits per heavy atom. The lowest BCUT2D eigenvalue weighted by atomic mass is 10.2. The molecule has 1 saturated heterocycles. The number of carbonyl (C=O) groups is 1. The van der Waals surface area contributed by atoms with Crippen molar-refractivity contribution in [2.45, 2.75) is 32.3 Å². The van der Waals surface area contributed by atoms with Gasteiger partial charge in [0.1, 0.15) is 0 Å². The first-order valence-corrected chi connectivity index (χ1v) is 5.59. The topological polar surface area (TPSA) is 67.6 Å². The fourth-order valence-electron chi connectivity index (χ4n) is 1.79. The molecule has 0 spiro atoms. The molecule has 1 fully saturated rings. The zero-order chi connectivity index (χ0) is 11.1. The van der Waals surface area contributed by atoms with Crippen molar-refractivity contribution in [3.63, 3.8) is 0 Å². The van der Waals surface area contributed by atoms with E-state index in [-0.39, 0.29) is 5.91 Å². The van der Waals surface area contributed by atoms with Gasteiger partial charge in [-0.05, 0) is 19.4 Å². The fourth-order valence-corrected chi connectivity index (χ4v) is 1.79. The maximum atomic E-state index is 11.0. The molecular formula is C10H21N3O2. The molecule has 1 rings (SSSR count). The number of nitrogens with two attached hydrogens (primary N) is 1. The fraction of sp³-hybridized carbons (Fsp3) is 0.900. The van der Waals surface area contributed by atoms with Gasteiger partial charge in [-0.2, -0.15) is 0 Å². The van der Waals surface area contributed by atoms with Crippen LogP contribution in [-0.4, -0.2) is 43.2 Å². The van der Waals surface area contributed by atoms with Gasteiger partial charge in [-0.1, -0.05) is 6.92 Å². The quantitative estimate of drug-likeness (QED) is 0.368. The lowest BCUT2D eigenvalue weighted by Gasteiger charge is -2.23. The number of carbonyl (C=O) groups excluding carboxylic acids is 1. The van der Waals surface area contributed by atoms with Crippen molar-refractivity contribution in [1.82, 2.24) is 10.3 Å². The molecule has 0 radical (unpaired) electrons. The Morgan fingerprint density at radius 2 is 2.47 bits per heavy atom. The number of likely N-dealkylation sites (N-methyl/N-ethyl adjacent to an activating group) is 1. The minimum atomic E-state index is -0.110. The van der Waals surface area contributed by atoms with Crippen LogP contribution < -0.4 is 11.3 Å². The maximum Gasteiger partial charge on any atom is 0.235 e. The van der Waals surface area contributed by atoms with Gasteiger partial charge in [0.2, 0.25) is 5.91 Å². The summed E-state index contributed by atoms with van der Waals surface area (Å²) >= 11 is 0. The number of amides is 1. The van der Waals surface area contributed by atoms with Crippen molar-refractivity contribution < 1.29 is 9.53 Å². The molecule has 5 nitrogen and oxygen atoms in total. The van der Waals surface area contributed by atoms with Crippen LogP contribution in [0.2, 0.25) is 0 Å². The van der Waals surface area contributed by atoms with Crippen LogP contribution in [0, 0.1) is 0 Å². The first-order valence-electron chi connectivity index (χ1n) is 5.59. The highest BCUT2D eigenvalue weighted by molar-refractivity contribution is 5.75. The Morgan fingerprint density at radius 1 is 1.67 bits per heavy atom. The summed E-state index contributed by atoms with van der Waals surface area (Å²) in [6, 6.07) is 0. The van der Waals surface area contributed by atoms with Gasteiger partial charge < -0.3 is 9.64 Å².